The number of hydrogen-bond acceptors (Lipinski definition) is 8. The van der Waals surface area contributed by atoms with E-state index in [9.17, 15) is 18.8 Å². The number of rotatable bonds is 8. The molecule has 2 atom stereocenters. The number of Topliss-reactive ketones (excluding diaryl/α,β-unsaturated/α-hetero) is 1. The quantitative estimate of drug-likeness (QED) is 0.202. The standard InChI is InChI=1S/C34H32FN7O3S/c1-20(43)28-16-41(30-9-8-25(12-27(28)30)38-26-13-36-19-37-14-26)17-32(44)42-15-24(35)11-31(42)33(45)40-34-39-29(18-46-34)23-7-6-21-4-2-3-5-22(21)10-23/h6-10,12-14,16,18-19,24,31,38H,2-5,11,15,17H2,1H3,(H,39,40,45). The number of nitrogens with one attached hydrogen (secondary N) is 2. The number of ketones is 1. The number of amides is 2. The molecule has 2 aromatic carbocycles. The lowest BCUT2D eigenvalue weighted by Crippen LogP contribution is -2.44. The molecule has 46 heavy (non-hydrogen) atoms. The molecule has 1 fully saturated rings. The van der Waals surface area contributed by atoms with E-state index in [1.165, 1.54) is 53.5 Å². The van der Waals surface area contributed by atoms with Crippen molar-refractivity contribution < 1.29 is 18.8 Å². The lowest BCUT2D eigenvalue weighted by Gasteiger charge is -2.23. The van der Waals surface area contributed by atoms with Gasteiger partial charge in [-0.3, -0.25) is 14.4 Å². The van der Waals surface area contributed by atoms with Crippen LogP contribution in [0.2, 0.25) is 0 Å². The molecule has 2 unspecified atom stereocenters. The second-order valence-corrected chi connectivity index (χ2v) is 12.7. The Hall–Kier alpha value is -4.97. The molecule has 0 radical (unpaired) electrons. The van der Waals surface area contributed by atoms with Gasteiger partial charge in [-0.05, 0) is 68.0 Å². The maximum atomic E-state index is 14.7. The van der Waals surface area contributed by atoms with Gasteiger partial charge in [0.2, 0.25) is 11.8 Å². The molecule has 3 aromatic heterocycles. The number of carbonyl (C=O) groups is 3. The molecule has 234 valence electrons. The summed E-state index contributed by atoms with van der Waals surface area (Å²) < 4.78 is 16.4. The number of likely N-dealkylation sites (tertiary alicyclic amines) is 1. The third-order valence-electron chi connectivity index (χ3n) is 8.67. The van der Waals surface area contributed by atoms with Gasteiger partial charge in [0.05, 0.1) is 30.3 Å². The summed E-state index contributed by atoms with van der Waals surface area (Å²) in [6, 6.07) is 10.9. The monoisotopic (exact) mass is 637 g/mol. The minimum absolute atomic E-state index is 0.0933. The van der Waals surface area contributed by atoms with E-state index >= 15 is 0 Å². The second-order valence-electron chi connectivity index (χ2n) is 11.8. The predicted octanol–water partition coefficient (Wildman–Crippen LogP) is 5.96. The van der Waals surface area contributed by atoms with Crippen molar-refractivity contribution in [2.75, 3.05) is 17.2 Å². The second kappa shape index (κ2) is 12.4. The fraction of sp³-hybridized carbons (Fsp3) is 0.294. The molecule has 7 rings (SSSR count). The van der Waals surface area contributed by atoms with Crippen LogP contribution in [-0.2, 0) is 29.0 Å². The van der Waals surface area contributed by atoms with Crippen LogP contribution in [0.15, 0.2) is 66.7 Å². The molecule has 0 bridgehead atoms. The molecular formula is C34H32FN7O3S. The summed E-state index contributed by atoms with van der Waals surface area (Å²) in [7, 11) is 0. The fourth-order valence-corrected chi connectivity index (χ4v) is 7.13. The summed E-state index contributed by atoms with van der Waals surface area (Å²) in [5.74, 6) is -1.04. The fourth-order valence-electron chi connectivity index (χ4n) is 6.41. The van der Waals surface area contributed by atoms with Crippen LogP contribution in [0.25, 0.3) is 22.2 Å². The molecule has 1 aliphatic carbocycles. The Labute approximate surface area is 268 Å². The van der Waals surface area contributed by atoms with Gasteiger partial charge in [0.1, 0.15) is 25.1 Å². The number of anilines is 3. The van der Waals surface area contributed by atoms with Gasteiger partial charge in [-0.1, -0.05) is 12.1 Å². The molecule has 0 saturated carbocycles. The third-order valence-corrected chi connectivity index (χ3v) is 9.42. The minimum atomic E-state index is -1.33. The number of nitrogens with zero attached hydrogens (tertiary/aromatic N) is 5. The highest BCUT2D eigenvalue weighted by Gasteiger charge is 2.40. The number of carbonyl (C=O) groups excluding carboxylic acids is 3. The Morgan fingerprint density at radius 3 is 2.63 bits per heavy atom. The van der Waals surface area contributed by atoms with Crippen LogP contribution in [0, 0.1) is 0 Å². The number of hydrogen-bond donors (Lipinski definition) is 2. The van der Waals surface area contributed by atoms with Gasteiger partial charge in [-0.25, -0.2) is 19.3 Å². The Morgan fingerprint density at radius 2 is 1.83 bits per heavy atom. The van der Waals surface area contributed by atoms with Crippen LogP contribution in [0.5, 0.6) is 0 Å². The lowest BCUT2D eigenvalue weighted by molar-refractivity contribution is -0.137. The predicted molar refractivity (Wildman–Crippen MR) is 175 cm³/mol. The summed E-state index contributed by atoms with van der Waals surface area (Å²) in [6.45, 7) is 1.14. The lowest BCUT2D eigenvalue weighted by atomic mass is 9.90. The van der Waals surface area contributed by atoms with Gasteiger partial charge in [-0.15, -0.1) is 11.3 Å². The average Bonchev–Trinajstić information content (AvgIpc) is 3.78. The highest BCUT2D eigenvalue weighted by Crippen LogP contribution is 2.31. The van der Waals surface area contributed by atoms with Crippen LogP contribution in [0.4, 0.5) is 20.9 Å². The first kappa shape index (κ1) is 29.7. The van der Waals surface area contributed by atoms with Crippen LogP contribution >= 0.6 is 11.3 Å². The van der Waals surface area contributed by atoms with E-state index in [1.54, 1.807) is 23.2 Å². The van der Waals surface area contributed by atoms with Gasteiger partial charge >= 0.3 is 0 Å². The Bertz CT molecular complexity index is 1960. The number of thiazole rings is 1. The summed E-state index contributed by atoms with van der Waals surface area (Å²) in [5.41, 5.74) is 7.04. The van der Waals surface area contributed by atoms with Crippen molar-refractivity contribution in [3.8, 4) is 11.3 Å². The van der Waals surface area contributed by atoms with Crippen LogP contribution in [0.1, 0.15) is 47.7 Å². The zero-order chi connectivity index (χ0) is 31.8. The van der Waals surface area contributed by atoms with Crippen molar-refractivity contribution in [2.24, 2.45) is 0 Å². The minimum Gasteiger partial charge on any atom is -0.353 e. The molecule has 2 aliphatic rings. The SMILES string of the molecule is CC(=O)c1cn(CC(=O)N2CC(F)CC2C(=O)Nc2nc(-c3ccc4c(c3)CCCC4)cs2)c2ccc(Nc3cncnc3)cc12. The van der Waals surface area contributed by atoms with Gasteiger partial charge in [-0.2, -0.15) is 0 Å². The Balaban J connectivity index is 1.07. The van der Waals surface area contributed by atoms with E-state index in [2.05, 4.69) is 43.8 Å². The summed E-state index contributed by atoms with van der Waals surface area (Å²) in [5, 5.41) is 9.00. The highest BCUT2D eigenvalue weighted by atomic mass is 32.1. The number of alkyl halides is 1. The van der Waals surface area contributed by atoms with E-state index in [1.807, 2.05) is 23.6 Å². The topological polar surface area (TPSA) is 122 Å². The van der Waals surface area contributed by atoms with Crippen molar-refractivity contribution in [3.05, 3.63) is 83.4 Å². The molecular weight excluding hydrogens is 605 g/mol. The van der Waals surface area contributed by atoms with Crippen LogP contribution in [-0.4, -0.2) is 60.8 Å². The Kier molecular flexibility index (Phi) is 8.03. The smallest absolute Gasteiger partial charge is 0.249 e. The zero-order valence-electron chi connectivity index (χ0n) is 25.2. The van der Waals surface area contributed by atoms with Gasteiger partial charge < -0.3 is 20.1 Å². The van der Waals surface area contributed by atoms with E-state index < -0.39 is 24.0 Å². The van der Waals surface area contributed by atoms with Crippen LogP contribution < -0.4 is 10.6 Å². The first-order valence-corrected chi connectivity index (χ1v) is 16.2. The molecule has 0 spiro atoms. The van der Waals surface area contributed by atoms with Crippen molar-refractivity contribution >= 4 is 56.3 Å². The zero-order valence-corrected chi connectivity index (χ0v) is 26.0. The van der Waals surface area contributed by atoms with Gasteiger partial charge in [0.25, 0.3) is 0 Å². The van der Waals surface area contributed by atoms with Crippen molar-refractivity contribution in [2.45, 2.75) is 57.8 Å². The molecule has 1 aliphatic heterocycles. The number of aryl methyl sites for hydroxylation is 2. The maximum Gasteiger partial charge on any atom is 0.249 e. The normalized spacial score (nSPS) is 17.6. The number of halogens is 1. The summed E-state index contributed by atoms with van der Waals surface area (Å²) in [6.07, 6.45) is 9.48. The van der Waals surface area contributed by atoms with Crippen molar-refractivity contribution in [1.82, 2.24) is 24.4 Å². The summed E-state index contributed by atoms with van der Waals surface area (Å²) in [4.78, 5) is 53.5. The van der Waals surface area contributed by atoms with Crippen molar-refractivity contribution in [1.29, 1.82) is 0 Å². The first-order valence-electron chi connectivity index (χ1n) is 15.3. The third kappa shape index (κ3) is 6.00. The molecule has 4 heterocycles. The first-order chi connectivity index (χ1) is 22.3. The van der Waals surface area contributed by atoms with Crippen molar-refractivity contribution in [3.63, 3.8) is 0 Å². The summed E-state index contributed by atoms with van der Waals surface area (Å²) >= 11 is 1.30. The van der Waals surface area contributed by atoms with Gasteiger partial charge in [0.15, 0.2) is 10.9 Å². The maximum absolute atomic E-state index is 14.7. The van der Waals surface area contributed by atoms with Crippen LogP contribution in [0.3, 0.4) is 0 Å². The molecule has 12 heteroatoms. The number of benzene rings is 2. The van der Waals surface area contributed by atoms with E-state index in [-0.39, 0.29) is 25.3 Å². The largest absolute Gasteiger partial charge is 0.353 e. The molecule has 1 saturated heterocycles. The van der Waals surface area contributed by atoms with E-state index in [4.69, 9.17) is 0 Å². The van der Waals surface area contributed by atoms with Gasteiger partial charge in [0, 0.05) is 45.7 Å². The molecule has 2 N–H and O–H groups in total. The highest BCUT2D eigenvalue weighted by molar-refractivity contribution is 7.14. The average molecular weight is 638 g/mol. The molecule has 2 amide bonds. The van der Waals surface area contributed by atoms with E-state index in [0.29, 0.717) is 27.3 Å². The number of fused-ring (bicyclic) bond motifs is 2. The van der Waals surface area contributed by atoms with E-state index in [0.717, 1.165) is 29.8 Å². The number of aromatic nitrogens is 4. The Morgan fingerprint density at radius 1 is 1.02 bits per heavy atom. The molecule has 10 nitrogen and oxygen atoms in total. The molecule has 5 aromatic rings.